The first-order valence-corrected chi connectivity index (χ1v) is 8.14. The van der Waals surface area contributed by atoms with Crippen molar-refractivity contribution in [3.63, 3.8) is 0 Å². The first-order valence-electron chi connectivity index (χ1n) is 5.34. The Morgan fingerprint density at radius 1 is 0.714 bits per heavy atom. The van der Waals surface area contributed by atoms with Gasteiger partial charge in [0.15, 0.2) is 0 Å². The maximum Gasteiger partial charge on any atom is 0.0613 e. The summed E-state index contributed by atoms with van der Waals surface area (Å²) < 4.78 is 0. The van der Waals surface area contributed by atoms with E-state index in [1.54, 1.807) is 0 Å². The van der Waals surface area contributed by atoms with E-state index < -0.39 is 7.26 Å². The van der Waals surface area contributed by atoms with Crippen LogP contribution in [0.15, 0.2) is 0 Å². The van der Waals surface area contributed by atoms with Crippen molar-refractivity contribution in [2.24, 2.45) is 0 Å². The maximum absolute atomic E-state index is 8.80. The molecule has 0 fully saturated rings. The van der Waals surface area contributed by atoms with Crippen LogP contribution in [0.1, 0.15) is 19.3 Å². The van der Waals surface area contributed by atoms with Crippen molar-refractivity contribution >= 4 is 7.26 Å². The van der Waals surface area contributed by atoms with Crippen molar-refractivity contribution < 1.29 is 15.3 Å². The van der Waals surface area contributed by atoms with Crippen LogP contribution >= 0.6 is 7.26 Å². The zero-order chi connectivity index (χ0) is 10.9. The highest BCUT2D eigenvalue weighted by molar-refractivity contribution is 7.75. The predicted octanol–water partition coefficient (Wildman–Crippen LogP) is 0.781. The molecule has 0 unspecified atom stereocenters. The largest absolute Gasteiger partial charge is 0.396 e. The van der Waals surface area contributed by atoms with Gasteiger partial charge in [-0.1, -0.05) is 0 Å². The molecule has 0 aromatic carbocycles. The molecule has 0 heterocycles. The highest BCUT2D eigenvalue weighted by Crippen LogP contribution is 2.56. The molecule has 0 saturated carbocycles. The fourth-order valence-corrected chi connectivity index (χ4v) is 5.08. The third-order valence-corrected chi connectivity index (χ3v) is 6.76. The minimum absolute atomic E-state index is 0.258. The SMILES string of the molecule is C[P+](CCCO)(CCCO)CCCO. The Kier molecular flexibility index (Phi) is 8.80. The van der Waals surface area contributed by atoms with E-state index in [2.05, 4.69) is 6.66 Å². The third-order valence-electron chi connectivity index (χ3n) is 2.57. The van der Waals surface area contributed by atoms with Crippen LogP contribution in [0.4, 0.5) is 0 Å². The fraction of sp³-hybridized carbons (Fsp3) is 1.00. The van der Waals surface area contributed by atoms with Gasteiger partial charge in [-0.15, -0.1) is 0 Å². The minimum atomic E-state index is -0.999. The Bertz CT molecular complexity index is 109. The summed E-state index contributed by atoms with van der Waals surface area (Å²) in [5.74, 6) is 0. The van der Waals surface area contributed by atoms with Crippen molar-refractivity contribution in [3.8, 4) is 0 Å². The molecule has 0 bridgehead atoms. The third kappa shape index (κ3) is 6.72. The van der Waals surface area contributed by atoms with Crippen molar-refractivity contribution in [2.75, 3.05) is 45.0 Å². The van der Waals surface area contributed by atoms with E-state index in [1.165, 1.54) is 0 Å². The van der Waals surface area contributed by atoms with Crippen molar-refractivity contribution in [1.82, 2.24) is 0 Å². The van der Waals surface area contributed by atoms with Crippen LogP contribution < -0.4 is 0 Å². The molecule has 0 radical (unpaired) electrons. The van der Waals surface area contributed by atoms with Gasteiger partial charge in [-0.2, -0.15) is 0 Å². The molecule has 0 aromatic heterocycles. The van der Waals surface area contributed by atoms with Gasteiger partial charge in [0.05, 0.1) is 18.5 Å². The van der Waals surface area contributed by atoms with Gasteiger partial charge in [-0.25, -0.2) is 0 Å². The van der Waals surface area contributed by atoms with Crippen LogP contribution in [-0.4, -0.2) is 60.3 Å². The van der Waals surface area contributed by atoms with Crippen LogP contribution in [0.2, 0.25) is 0 Å². The molecule has 0 aliphatic heterocycles. The molecule has 0 amide bonds. The van der Waals surface area contributed by atoms with E-state index in [0.717, 1.165) is 37.7 Å². The van der Waals surface area contributed by atoms with E-state index >= 15 is 0 Å². The van der Waals surface area contributed by atoms with Crippen molar-refractivity contribution in [2.45, 2.75) is 19.3 Å². The van der Waals surface area contributed by atoms with E-state index in [-0.39, 0.29) is 19.8 Å². The van der Waals surface area contributed by atoms with Gasteiger partial charge < -0.3 is 15.3 Å². The van der Waals surface area contributed by atoms with Crippen molar-refractivity contribution in [1.29, 1.82) is 0 Å². The quantitative estimate of drug-likeness (QED) is 0.506. The molecule has 0 spiro atoms. The molecule has 0 saturated heterocycles. The first kappa shape index (κ1) is 14.3. The molecule has 86 valence electrons. The molecule has 4 heteroatoms. The van der Waals surface area contributed by atoms with Gasteiger partial charge in [0.2, 0.25) is 0 Å². The zero-order valence-electron chi connectivity index (χ0n) is 9.15. The van der Waals surface area contributed by atoms with Crippen molar-refractivity contribution in [3.05, 3.63) is 0 Å². The van der Waals surface area contributed by atoms with E-state index in [4.69, 9.17) is 15.3 Å². The number of aliphatic hydroxyl groups excluding tert-OH is 3. The van der Waals surface area contributed by atoms with Crippen LogP contribution in [0.25, 0.3) is 0 Å². The van der Waals surface area contributed by atoms with Gasteiger partial charge in [-0.3, -0.25) is 0 Å². The first-order chi connectivity index (χ1) is 6.68. The molecule has 3 nitrogen and oxygen atoms in total. The summed E-state index contributed by atoms with van der Waals surface area (Å²) in [7, 11) is -0.999. The summed E-state index contributed by atoms with van der Waals surface area (Å²) in [4.78, 5) is 0. The molecule has 0 atom stereocenters. The predicted molar refractivity (Wildman–Crippen MR) is 62.6 cm³/mol. The molecule has 0 aromatic rings. The summed E-state index contributed by atoms with van der Waals surface area (Å²) in [6, 6.07) is 0. The zero-order valence-corrected chi connectivity index (χ0v) is 10.0. The van der Waals surface area contributed by atoms with Crippen LogP contribution in [-0.2, 0) is 0 Å². The second-order valence-electron chi connectivity index (χ2n) is 4.02. The van der Waals surface area contributed by atoms with E-state index in [0.29, 0.717) is 0 Å². The fourth-order valence-electron chi connectivity index (χ4n) is 1.69. The Balaban J connectivity index is 3.89. The molecular formula is C10H24O3P+. The normalized spacial score (nSPS) is 12.0. The Morgan fingerprint density at radius 2 is 1.00 bits per heavy atom. The van der Waals surface area contributed by atoms with E-state index in [9.17, 15) is 0 Å². The lowest BCUT2D eigenvalue weighted by Gasteiger charge is -2.22. The number of aliphatic hydroxyl groups is 3. The van der Waals surface area contributed by atoms with Crippen LogP contribution in [0.3, 0.4) is 0 Å². The minimum Gasteiger partial charge on any atom is -0.396 e. The molecule has 0 aliphatic rings. The monoisotopic (exact) mass is 223 g/mol. The lowest BCUT2D eigenvalue weighted by Crippen LogP contribution is -2.10. The summed E-state index contributed by atoms with van der Waals surface area (Å²) in [5.41, 5.74) is 0. The smallest absolute Gasteiger partial charge is 0.0613 e. The summed E-state index contributed by atoms with van der Waals surface area (Å²) >= 11 is 0. The summed E-state index contributed by atoms with van der Waals surface area (Å²) in [6.07, 6.45) is 5.85. The molecule has 0 aliphatic carbocycles. The maximum atomic E-state index is 8.80. The van der Waals surface area contributed by atoms with Gasteiger partial charge in [0.25, 0.3) is 0 Å². The average molecular weight is 223 g/mol. The number of hydrogen-bond donors (Lipinski definition) is 3. The van der Waals surface area contributed by atoms with Gasteiger partial charge >= 0.3 is 0 Å². The topological polar surface area (TPSA) is 60.7 Å². The Hall–Kier alpha value is 0.310. The summed E-state index contributed by atoms with van der Waals surface area (Å²) in [5, 5.41) is 26.4. The molecule has 14 heavy (non-hydrogen) atoms. The Morgan fingerprint density at radius 3 is 1.21 bits per heavy atom. The number of rotatable bonds is 9. The lowest BCUT2D eigenvalue weighted by atomic mass is 10.5. The summed E-state index contributed by atoms with van der Waals surface area (Å²) in [6.45, 7) is 3.06. The van der Waals surface area contributed by atoms with Crippen LogP contribution in [0, 0.1) is 0 Å². The van der Waals surface area contributed by atoms with Gasteiger partial charge in [0.1, 0.15) is 0 Å². The second kappa shape index (κ2) is 8.60. The second-order valence-corrected chi connectivity index (χ2v) is 8.60. The highest BCUT2D eigenvalue weighted by atomic mass is 31.2. The average Bonchev–Trinajstić information content (AvgIpc) is 2.21. The van der Waals surface area contributed by atoms with Crippen LogP contribution in [0.5, 0.6) is 0 Å². The van der Waals surface area contributed by atoms with E-state index in [1.807, 2.05) is 0 Å². The van der Waals surface area contributed by atoms with Gasteiger partial charge in [-0.05, 0) is 0 Å². The molecule has 3 N–H and O–H groups in total. The molecular weight excluding hydrogens is 199 g/mol. The lowest BCUT2D eigenvalue weighted by molar-refractivity contribution is 0.292. The highest BCUT2D eigenvalue weighted by Gasteiger charge is 2.29. The molecule has 0 rings (SSSR count). The number of hydrogen-bond acceptors (Lipinski definition) is 3. The van der Waals surface area contributed by atoms with Gasteiger partial charge in [0, 0.05) is 53.0 Å². The standard InChI is InChI=1S/C10H24O3P/c1-14(8-2-5-11,9-3-6-12)10-4-7-13/h11-13H,2-10H2,1H3/q+1. The Labute approximate surface area is 87.5 Å².